The molecular weight excluding hydrogens is 152 g/mol. The van der Waals surface area contributed by atoms with Crippen LogP contribution in [0, 0.1) is 6.10 Å². The molecule has 1 aliphatic carbocycles. The van der Waals surface area contributed by atoms with Crippen LogP contribution in [0.1, 0.15) is 19.3 Å². The topological polar surface area (TPSA) is 101 Å². The molecule has 0 unspecified atom stereocenters. The molecule has 0 spiro atoms. The number of hydrogen-bond acceptors (Lipinski definition) is 5. The van der Waals surface area contributed by atoms with Crippen LogP contribution in [-0.4, -0.2) is 37.1 Å². The lowest BCUT2D eigenvalue weighted by atomic mass is 9.86. The Balaban J connectivity index is 2.82. The highest BCUT2D eigenvalue weighted by atomic mass is 16.6. The van der Waals surface area contributed by atoms with Gasteiger partial charge in [-0.15, -0.1) is 0 Å². The Morgan fingerprint density at radius 2 is 1.64 bits per heavy atom. The van der Waals surface area contributed by atoms with Crippen molar-refractivity contribution in [2.24, 2.45) is 0 Å². The Labute approximate surface area is 63.5 Å². The molecule has 1 saturated carbocycles. The third kappa shape index (κ3) is 1.25. The quantitative estimate of drug-likeness (QED) is 0.278. The van der Waals surface area contributed by atoms with E-state index in [9.17, 15) is 0 Å². The van der Waals surface area contributed by atoms with Crippen molar-refractivity contribution in [1.29, 1.82) is 0 Å². The second kappa shape index (κ2) is 2.40. The molecule has 0 aromatic heterocycles. The number of aliphatic hydroxyl groups excluding tert-OH is 1. The minimum absolute atomic E-state index is 0.0792. The van der Waals surface area contributed by atoms with Crippen LogP contribution >= 0.6 is 0 Å². The van der Waals surface area contributed by atoms with Crippen molar-refractivity contribution in [3.05, 3.63) is 6.10 Å². The largest absolute Gasteiger partial charge is 0.381 e. The van der Waals surface area contributed by atoms with E-state index in [0.29, 0.717) is 6.42 Å². The van der Waals surface area contributed by atoms with Crippen molar-refractivity contribution in [3.63, 3.8) is 0 Å². The molecule has 1 radical (unpaired) electrons. The fraction of sp³-hybridized carbons (Fsp3) is 0.833. The minimum Gasteiger partial charge on any atom is -0.381 e. The number of aliphatic hydroxyl groups is 5. The number of hydrogen-bond donors (Lipinski definition) is 5. The minimum atomic E-state index is -2.88. The highest BCUT2D eigenvalue weighted by Gasteiger charge is 2.55. The first-order valence-corrected chi connectivity index (χ1v) is 3.33. The first kappa shape index (κ1) is 8.89. The molecule has 5 N–H and O–H groups in total. The van der Waals surface area contributed by atoms with Crippen LogP contribution in [0.2, 0.25) is 0 Å². The Morgan fingerprint density at radius 1 is 1.09 bits per heavy atom. The molecule has 0 aromatic rings. The van der Waals surface area contributed by atoms with Crippen LogP contribution in [0.3, 0.4) is 0 Å². The fourth-order valence-corrected chi connectivity index (χ4v) is 1.08. The Kier molecular flexibility index (Phi) is 1.94. The van der Waals surface area contributed by atoms with Crippen LogP contribution in [0.5, 0.6) is 0 Å². The van der Waals surface area contributed by atoms with Gasteiger partial charge in [0, 0.05) is 6.42 Å². The molecule has 5 nitrogen and oxygen atoms in total. The van der Waals surface area contributed by atoms with Gasteiger partial charge in [-0.3, -0.25) is 0 Å². The van der Waals surface area contributed by atoms with E-state index in [0.717, 1.165) is 0 Å². The molecule has 0 aliphatic heterocycles. The average Bonchev–Trinajstić information content (AvgIpc) is 1.84. The molecule has 1 aliphatic rings. The Morgan fingerprint density at radius 3 is 2.00 bits per heavy atom. The predicted molar refractivity (Wildman–Crippen MR) is 33.4 cm³/mol. The van der Waals surface area contributed by atoms with Gasteiger partial charge in [0.25, 0.3) is 5.79 Å². The predicted octanol–water partition coefficient (Wildman–Crippen LogP) is -1.56. The van der Waals surface area contributed by atoms with Gasteiger partial charge in [-0.1, -0.05) is 0 Å². The van der Waals surface area contributed by atoms with E-state index in [2.05, 4.69) is 0 Å². The van der Waals surface area contributed by atoms with Gasteiger partial charge in [0.2, 0.25) is 5.79 Å². The third-order valence-electron chi connectivity index (χ3n) is 1.90. The van der Waals surface area contributed by atoms with Crippen molar-refractivity contribution >= 4 is 0 Å². The lowest BCUT2D eigenvalue weighted by molar-refractivity contribution is -0.373. The average molecular weight is 163 g/mol. The summed E-state index contributed by atoms with van der Waals surface area (Å²) in [6.07, 6.45) is -0.462. The summed E-state index contributed by atoms with van der Waals surface area (Å²) >= 11 is 0. The van der Waals surface area contributed by atoms with Crippen LogP contribution in [-0.2, 0) is 0 Å². The van der Waals surface area contributed by atoms with Crippen molar-refractivity contribution in [3.8, 4) is 0 Å². The molecule has 11 heavy (non-hydrogen) atoms. The van der Waals surface area contributed by atoms with Crippen LogP contribution in [0.4, 0.5) is 0 Å². The van der Waals surface area contributed by atoms with Gasteiger partial charge < -0.3 is 25.5 Å². The number of rotatable bonds is 0. The van der Waals surface area contributed by atoms with Crippen molar-refractivity contribution < 1.29 is 25.5 Å². The zero-order valence-electron chi connectivity index (χ0n) is 5.86. The summed E-state index contributed by atoms with van der Waals surface area (Å²) in [4.78, 5) is 0. The summed E-state index contributed by atoms with van der Waals surface area (Å²) in [5, 5.41) is 44.6. The van der Waals surface area contributed by atoms with Crippen LogP contribution in [0.15, 0.2) is 0 Å². The standard InChI is InChI=1S/C6H11O5/c7-4-2-1-3-5(8,9)6(4,10)11/h7-11H,1-3H2. The summed E-state index contributed by atoms with van der Waals surface area (Å²) in [6.45, 7) is 0. The smallest absolute Gasteiger partial charge is 0.251 e. The van der Waals surface area contributed by atoms with Crippen LogP contribution in [0.25, 0.3) is 0 Å². The second-order valence-corrected chi connectivity index (χ2v) is 2.79. The van der Waals surface area contributed by atoms with Gasteiger partial charge in [-0.05, 0) is 12.8 Å². The normalized spacial score (nSPS) is 30.3. The molecule has 0 heterocycles. The summed E-state index contributed by atoms with van der Waals surface area (Å²) in [5.74, 6) is -5.51. The highest BCUT2D eigenvalue weighted by molar-refractivity contribution is 5.04. The molecule has 0 amide bonds. The Bertz CT molecular complexity index is 153. The van der Waals surface area contributed by atoms with Gasteiger partial charge in [0.15, 0.2) is 6.10 Å². The molecule has 0 bridgehead atoms. The van der Waals surface area contributed by atoms with E-state index in [4.69, 9.17) is 25.5 Å². The summed E-state index contributed by atoms with van der Waals surface area (Å²) < 4.78 is 0. The van der Waals surface area contributed by atoms with Gasteiger partial charge in [0.05, 0.1) is 0 Å². The van der Waals surface area contributed by atoms with Gasteiger partial charge in [0.1, 0.15) is 0 Å². The molecule has 0 saturated heterocycles. The molecule has 0 aromatic carbocycles. The molecule has 65 valence electrons. The van der Waals surface area contributed by atoms with E-state index >= 15 is 0 Å². The molecule has 1 rings (SSSR count). The second-order valence-electron chi connectivity index (χ2n) is 2.79. The zero-order valence-corrected chi connectivity index (χ0v) is 5.86. The fourth-order valence-electron chi connectivity index (χ4n) is 1.08. The first-order chi connectivity index (χ1) is 4.88. The maximum absolute atomic E-state index is 8.95. The first-order valence-electron chi connectivity index (χ1n) is 3.33. The monoisotopic (exact) mass is 163 g/mol. The third-order valence-corrected chi connectivity index (χ3v) is 1.90. The molecule has 5 heteroatoms. The van der Waals surface area contributed by atoms with E-state index in [1.54, 1.807) is 0 Å². The van der Waals surface area contributed by atoms with E-state index in [1.165, 1.54) is 0 Å². The Hall–Kier alpha value is -0.200. The lowest BCUT2D eigenvalue weighted by Gasteiger charge is -2.41. The van der Waals surface area contributed by atoms with E-state index in [-0.39, 0.29) is 12.8 Å². The highest BCUT2D eigenvalue weighted by Crippen LogP contribution is 2.37. The van der Waals surface area contributed by atoms with E-state index in [1.807, 2.05) is 0 Å². The van der Waals surface area contributed by atoms with E-state index < -0.39 is 17.7 Å². The summed E-state index contributed by atoms with van der Waals surface area (Å²) in [6, 6.07) is 0. The molecular formula is C6H11O5. The van der Waals surface area contributed by atoms with Gasteiger partial charge in [-0.25, -0.2) is 0 Å². The van der Waals surface area contributed by atoms with Crippen LogP contribution < -0.4 is 0 Å². The molecule has 1 fully saturated rings. The van der Waals surface area contributed by atoms with Crippen molar-refractivity contribution in [1.82, 2.24) is 0 Å². The summed E-state index contributed by atoms with van der Waals surface area (Å²) in [5.41, 5.74) is 0. The van der Waals surface area contributed by atoms with Crippen molar-refractivity contribution in [2.45, 2.75) is 30.8 Å². The maximum atomic E-state index is 8.95. The molecule has 0 atom stereocenters. The summed E-state index contributed by atoms with van der Waals surface area (Å²) in [7, 11) is 0. The SMILES string of the molecule is O[C]1CCCC(O)(O)C1(O)O. The van der Waals surface area contributed by atoms with Crippen molar-refractivity contribution in [2.75, 3.05) is 0 Å². The lowest BCUT2D eigenvalue weighted by Crippen LogP contribution is -2.60. The maximum Gasteiger partial charge on any atom is 0.251 e. The van der Waals surface area contributed by atoms with Gasteiger partial charge >= 0.3 is 0 Å². The zero-order chi connectivity index (χ0) is 8.70. The van der Waals surface area contributed by atoms with Gasteiger partial charge in [-0.2, -0.15) is 0 Å².